The van der Waals surface area contributed by atoms with E-state index in [-0.39, 0.29) is 11.6 Å². The van der Waals surface area contributed by atoms with E-state index in [4.69, 9.17) is 9.47 Å². The van der Waals surface area contributed by atoms with Gasteiger partial charge in [0.1, 0.15) is 5.82 Å². The lowest BCUT2D eigenvalue weighted by atomic mass is 10.1. The van der Waals surface area contributed by atoms with Gasteiger partial charge in [-0.15, -0.1) is 0 Å². The third-order valence-corrected chi connectivity index (χ3v) is 2.50. The highest BCUT2D eigenvalue weighted by Crippen LogP contribution is 2.07. The van der Waals surface area contributed by atoms with Crippen molar-refractivity contribution >= 4 is 5.78 Å². The van der Waals surface area contributed by atoms with Crippen LogP contribution in [0.3, 0.4) is 0 Å². The van der Waals surface area contributed by atoms with Crippen LogP contribution in [0.1, 0.15) is 29.6 Å². The average Bonchev–Trinajstić information content (AvgIpc) is 2.38. The number of hydrogen-bond acceptors (Lipinski definition) is 3. The molecule has 0 radical (unpaired) electrons. The minimum Gasteiger partial charge on any atom is -0.385 e. The fourth-order valence-electron chi connectivity index (χ4n) is 1.52. The summed E-state index contributed by atoms with van der Waals surface area (Å²) in [5.74, 6) is -0.302. The predicted octanol–water partition coefficient (Wildman–Crippen LogP) is 2.84. The molecule has 0 amide bonds. The summed E-state index contributed by atoms with van der Waals surface area (Å²) < 4.78 is 22.9. The molecule has 4 heteroatoms. The Morgan fingerprint density at radius 2 is 1.78 bits per heavy atom. The minimum absolute atomic E-state index is 0.0236. The van der Waals surface area contributed by atoms with Crippen LogP contribution in [0, 0.1) is 5.82 Å². The molecule has 0 saturated carbocycles. The van der Waals surface area contributed by atoms with Gasteiger partial charge in [0.05, 0.1) is 0 Å². The Morgan fingerprint density at radius 3 is 2.44 bits per heavy atom. The summed E-state index contributed by atoms with van der Waals surface area (Å²) in [6, 6.07) is 5.62. The van der Waals surface area contributed by atoms with Crippen LogP contribution >= 0.6 is 0 Å². The van der Waals surface area contributed by atoms with Crippen molar-refractivity contribution in [1.82, 2.24) is 0 Å². The largest absolute Gasteiger partial charge is 0.385 e. The molecule has 0 aromatic heterocycles. The first-order valence-corrected chi connectivity index (χ1v) is 6.09. The number of halogens is 1. The minimum atomic E-state index is -0.326. The van der Waals surface area contributed by atoms with Crippen molar-refractivity contribution < 1.29 is 18.7 Å². The van der Waals surface area contributed by atoms with Gasteiger partial charge < -0.3 is 9.47 Å². The smallest absolute Gasteiger partial charge is 0.162 e. The molecule has 1 aromatic rings. The van der Waals surface area contributed by atoms with Gasteiger partial charge in [0.2, 0.25) is 0 Å². The van der Waals surface area contributed by atoms with Gasteiger partial charge in [0.15, 0.2) is 5.78 Å². The zero-order valence-corrected chi connectivity index (χ0v) is 10.7. The number of ketones is 1. The molecule has 0 unspecified atom stereocenters. The van der Waals surface area contributed by atoms with Gasteiger partial charge in [-0.25, -0.2) is 4.39 Å². The van der Waals surface area contributed by atoms with Crippen molar-refractivity contribution in [3.63, 3.8) is 0 Å². The Balaban J connectivity index is 2.12. The lowest BCUT2D eigenvalue weighted by Crippen LogP contribution is -2.04. The van der Waals surface area contributed by atoms with E-state index in [1.807, 2.05) is 0 Å². The Kier molecular flexibility index (Phi) is 7.22. The summed E-state index contributed by atoms with van der Waals surface area (Å²) in [6.45, 7) is 1.91. The van der Waals surface area contributed by atoms with E-state index < -0.39 is 0 Å². The molecule has 0 spiro atoms. The van der Waals surface area contributed by atoms with E-state index >= 15 is 0 Å². The topological polar surface area (TPSA) is 35.5 Å². The van der Waals surface area contributed by atoms with Gasteiger partial charge in [-0.2, -0.15) is 0 Å². The third-order valence-electron chi connectivity index (χ3n) is 2.50. The van der Waals surface area contributed by atoms with Gasteiger partial charge in [0, 0.05) is 38.9 Å². The second-order valence-electron chi connectivity index (χ2n) is 3.99. The number of rotatable bonds is 9. The van der Waals surface area contributed by atoms with Crippen LogP contribution in [0.25, 0.3) is 0 Å². The van der Waals surface area contributed by atoms with Crippen molar-refractivity contribution in [2.75, 3.05) is 26.9 Å². The van der Waals surface area contributed by atoms with Crippen molar-refractivity contribution in [3.8, 4) is 0 Å². The van der Waals surface area contributed by atoms with Crippen LogP contribution in [0.2, 0.25) is 0 Å². The van der Waals surface area contributed by atoms with Crippen molar-refractivity contribution in [2.45, 2.75) is 19.3 Å². The molecular weight excluding hydrogens is 235 g/mol. The molecular formula is C14H19FO3. The van der Waals surface area contributed by atoms with Crippen molar-refractivity contribution in [2.24, 2.45) is 0 Å². The normalized spacial score (nSPS) is 10.6. The fourth-order valence-corrected chi connectivity index (χ4v) is 1.52. The molecule has 0 N–H and O–H groups in total. The zero-order chi connectivity index (χ0) is 13.2. The maximum absolute atomic E-state index is 12.7. The third kappa shape index (κ3) is 5.89. The molecule has 0 aliphatic heterocycles. The summed E-state index contributed by atoms with van der Waals surface area (Å²) in [5.41, 5.74) is 0.552. The van der Waals surface area contributed by atoms with Crippen LogP contribution in [-0.4, -0.2) is 32.7 Å². The van der Waals surface area contributed by atoms with Crippen LogP contribution in [0.5, 0.6) is 0 Å². The quantitative estimate of drug-likeness (QED) is 0.502. The number of carbonyl (C=O) groups is 1. The Bertz CT molecular complexity index is 349. The molecule has 1 aromatic carbocycles. The zero-order valence-electron chi connectivity index (χ0n) is 10.7. The standard InChI is InChI=1S/C14H19FO3/c1-17-9-3-11-18-10-2-4-14(16)12-5-7-13(15)8-6-12/h5-8H,2-4,9-11H2,1H3. The summed E-state index contributed by atoms with van der Waals surface area (Å²) in [7, 11) is 1.65. The summed E-state index contributed by atoms with van der Waals surface area (Å²) in [6.07, 6.45) is 1.97. The molecule has 0 saturated heterocycles. The van der Waals surface area contributed by atoms with Gasteiger partial charge in [-0.05, 0) is 37.1 Å². The Labute approximate surface area is 107 Å². The van der Waals surface area contributed by atoms with E-state index in [2.05, 4.69) is 0 Å². The first-order valence-electron chi connectivity index (χ1n) is 6.09. The maximum atomic E-state index is 12.7. The summed E-state index contributed by atoms with van der Waals surface area (Å²) in [5, 5.41) is 0. The second kappa shape index (κ2) is 8.78. The molecule has 0 heterocycles. The highest BCUT2D eigenvalue weighted by molar-refractivity contribution is 5.95. The molecule has 0 fully saturated rings. The Morgan fingerprint density at radius 1 is 1.11 bits per heavy atom. The van der Waals surface area contributed by atoms with Gasteiger partial charge in [-0.1, -0.05) is 0 Å². The molecule has 18 heavy (non-hydrogen) atoms. The molecule has 0 bridgehead atoms. The van der Waals surface area contributed by atoms with E-state index in [0.29, 0.717) is 38.2 Å². The highest BCUT2D eigenvalue weighted by atomic mass is 19.1. The molecule has 1 rings (SSSR count). The maximum Gasteiger partial charge on any atom is 0.162 e. The fraction of sp³-hybridized carbons (Fsp3) is 0.500. The average molecular weight is 254 g/mol. The predicted molar refractivity (Wildman–Crippen MR) is 67.3 cm³/mol. The number of ether oxygens (including phenoxy) is 2. The van der Waals surface area contributed by atoms with Crippen molar-refractivity contribution in [1.29, 1.82) is 0 Å². The van der Waals surface area contributed by atoms with E-state index in [0.717, 1.165) is 6.42 Å². The molecule has 100 valence electrons. The Hall–Kier alpha value is -1.26. The molecule has 0 aliphatic rings. The summed E-state index contributed by atoms with van der Waals surface area (Å²) >= 11 is 0. The first kappa shape index (κ1) is 14.8. The highest BCUT2D eigenvalue weighted by Gasteiger charge is 2.05. The van der Waals surface area contributed by atoms with E-state index in [9.17, 15) is 9.18 Å². The second-order valence-corrected chi connectivity index (χ2v) is 3.99. The molecule has 0 aliphatic carbocycles. The van der Waals surface area contributed by atoms with Crippen LogP contribution < -0.4 is 0 Å². The lowest BCUT2D eigenvalue weighted by Gasteiger charge is -2.04. The van der Waals surface area contributed by atoms with Gasteiger partial charge >= 0.3 is 0 Å². The van der Waals surface area contributed by atoms with Crippen molar-refractivity contribution in [3.05, 3.63) is 35.6 Å². The number of methoxy groups -OCH3 is 1. The number of carbonyl (C=O) groups excluding carboxylic acids is 1. The lowest BCUT2D eigenvalue weighted by molar-refractivity contribution is 0.0886. The summed E-state index contributed by atoms with van der Waals surface area (Å²) in [4.78, 5) is 11.7. The van der Waals surface area contributed by atoms with Crippen LogP contribution in [0.4, 0.5) is 4.39 Å². The number of benzene rings is 1. The van der Waals surface area contributed by atoms with E-state index in [1.165, 1.54) is 24.3 Å². The van der Waals surface area contributed by atoms with Crippen LogP contribution in [0.15, 0.2) is 24.3 Å². The SMILES string of the molecule is COCCCOCCCC(=O)c1ccc(F)cc1. The molecule has 0 atom stereocenters. The van der Waals surface area contributed by atoms with Gasteiger partial charge in [0.25, 0.3) is 0 Å². The van der Waals surface area contributed by atoms with E-state index in [1.54, 1.807) is 7.11 Å². The monoisotopic (exact) mass is 254 g/mol. The first-order chi connectivity index (χ1) is 8.74. The number of hydrogen-bond donors (Lipinski definition) is 0. The number of Topliss-reactive ketones (excluding diaryl/α,β-unsaturated/α-hetero) is 1. The van der Waals surface area contributed by atoms with Crippen LogP contribution in [-0.2, 0) is 9.47 Å². The van der Waals surface area contributed by atoms with Gasteiger partial charge in [-0.3, -0.25) is 4.79 Å². The molecule has 3 nitrogen and oxygen atoms in total.